The van der Waals surface area contributed by atoms with Gasteiger partial charge in [-0.1, -0.05) is 105 Å². The summed E-state index contributed by atoms with van der Waals surface area (Å²) >= 11 is 1.23. The number of likely N-dealkylation sites (N-methyl/N-ethyl adjacent to an activating group) is 1. The highest BCUT2D eigenvalue weighted by Crippen LogP contribution is 2.32. The van der Waals surface area contributed by atoms with Gasteiger partial charge in [-0.25, -0.2) is 4.98 Å². The number of esters is 2. The van der Waals surface area contributed by atoms with Crippen LogP contribution in [0.15, 0.2) is 48.4 Å². The molecule has 0 unspecified atom stereocenters. The number of carbonyl (C=O) groups is 4. The number of thiazole rings is 1. The molecule has 49 heavy (non-hydrogen) atoms. The van der Waals surface area contributed by atoms with Crippen LogP contribution in [0.2, 0.25) is 0 Å². The molecule has 0 saturated heterocycles. The maximum atomic E-state index is 13.6. The van der Waals surface area contributed by atoms with Crippen LogP contribution in [0.1, 0.15) is 108 Å². The number of ether oxygens (including phenoxy) is 2. The van der Waals surface area contributed by atoms with Crippen molar-refractivity contribution in [2.45, 2.75) is 112 Å². The first-order valence-corrected chi connectivity index (χ1v) is 18.1. The van der Waals surface area contributed by atoms with E-state index in [1.807, 2.05) is 78.8 Å². The molecular weight excluding hydrogens is 641 g/mol. The number of carbonyl (C=O) groups excluding carboxylic acids is 4. The van der Waals surface area contributed by atoms with Crippen molar-refractivity contribution >= 4 is 35.1 Å². The first-order chi connectivity index (χ1) is 23.0. The smallest absolute Gasteiger partial charge is 0.309 e. The molecule has 0 radical (unpaired) electrons. The van der Waals surface area contributed by atoms with E-state index in [0.29, 0.717) is 24.3 Å². The van der Waals surface area contributed by atoms with Crippen molar-refractivity contribution in [3.63, 3.8) is 0 Å². The monoisotopic (exact) mass is 698 g/mol. The molecule has 2 rings (SSSR count). The molecule has 2 amide bonds. The number of rotatable bonds is 19. The number of benzene rings is 1. The average Bonchev–Trinajstić information content (AvgIpc) is 3.54. The predicted molar refractivity (Wildman–Crippen MR) is 195 cm³/mol. The summed E-state index contributed by atoms with van der Waals surface area (Å²) in [6.07, 6.45) is 2.84. The van der Waals surface area contributed by atoms with Crippen LogP contribution in [-0.4, -0.2) is 65.4 Å². The molecule has 0 saturated carbocycles. The summed E-state index contributed by atoms with van der Waals surface area (Å²) in [5.74, 6) is -1.75. The van der Waals surface area contributed by atoms with Gasteiger partial charge in [0.05, 0.1) is 18.4 Å². The molecule has 10 nitrogen and oxygen atoms in total. The zero-order valence-electron chi connectivity index (χ0n) is 30.9. The maximum Gasteiger partial charge on any atom is 0.309 e. The number of hydrogen-bond acceptors (Lipinski definition) is 9. The fraction of sp³-hybridized carbons (Fsp3) is 0.605. The third kappa shape index (κ3) is 13.7. The molecule has 0 aliphatic rings. The van der Waals surface area contributed by atoms with Gasteiger partial charge in [0.2, 0.25) is 5.91 Å². The van der Waals surface area contributed by atoms with Gasteiger partial charge in [0.15, 0.2) is 6.10 Å². The lowest BCUT2D eigenvalue weighted by molar-refractivity contribution is -0.153. The van der Waals surface area contributed by atoms with Crippen molar-refractivity contribution in [3.05, 3.63) is 64.6 Å². The Bertz CT molecular complexity index is 1370. The second-order valence-electron chi connectivity index (χ2n) is 14.6. The van der Waals surface area contributed by atoms with E-state index in [1.165, 1.54) is 17.4 Å². The predicted octanol–water partition coefficient (Wildman–Crippen LogP) is 6.51. The Morgan fingerprint density at radius 3 is 2.31 bits per heavy atom. The van der Waals surface area contributed by atoms with E-state index in [0.717, 1.165) is 12.0 Å². The Kier molecular flexibility index (Phi) is 16.6. The summed E-state index contributed by atoms with van der Waals surface area (Å²) in [5, 5.41) is 5.18. The quantitative estimate of drug-likeness (QED) is 0.125. The fourth-order valence-corrected chi connectivity index (χ4v) is 6.36. The highest BCUT2D eigenvalue weighted by atomic mass is 32.1. The van der Waals surface area contributed by atoms with Gasteiger partial charge in [0.1, 0.15) is 17.3 Å². The first-order valence-electron chi connectivity index (χ1n) is 17.3. The molecule has 0 fully saturated rings. The third-order valence-electron chi connectivity index (χ3n) is 8.63. The van der Waals surface area contributed by atoms with Gasteiger partial charge >= 0.3 is 11.9 Å². The van der Waals surface area contributed by atoms with Gasteiger partial charge in [-0.05, 0) is 35.7 Å². The van der Waals surface area contributed by atoms with E-state index in [2.05, 4.69) is 16.9 Å². The van der Waals surface area contributed by atoms with Crippen molar-refractivity contribution in [2.24, 2.45) is 28.9 Å². The summed E-state index contributed by atoms with van der Waals surface area (Å²) in [6.45, 7) is 19.3. The van der Waals surface area contributed by atoms with Crippen molar-refractivity contribution in [1.82, 2.24) is 15.2 Å². The van der Waals surface area contributed by atoms with Crippen LogP contribution in [0.4, 0.5) is 0 Å². The molecule has 2 aromatic rings. The second-order valence-corrected chi connectivity index (χ2v) is 15.5. The molecule has 1 aromatic heterocycles. The third-order valence-corrected chi connectivity index (χ3v) is 9.57. The molecule has 3 N–H and O–H groups in total. The number of nitrogens with zero attached hydrogens (tertiary/aromatic N) is 2. The summed E-state index contributed by atoms with van der Waals surface area (Å²) < 4.78 is 11.3. The number of amides is 2. The SMILES string of the molecule is C=CCOC(=O)[C@@H](C)C[C@H](Cc1ccccc1)NC(=O)c1csc([C@@H](C[C@H](C(C)C)N(C)C(=O)[C@@H](N)[C@@H](C)CC)OC(=O)CC(C)(C)C)n1. The normalized spacial score (nSPS) is 15.3. The minimum Gasteiger partial charge on any atom is -0.461 e. The molecule has 1 heterocycles. The Morgan fingerprint density at radius 1 is 1.08 bits per heavy atom. The van der Waals surface area contributed by atoms with Gasteiger partial charge in [0, 0.05) is 30.9 Å². The summed E-state index contributed by atoms with van der Waals surface area (Å²) in [7, 11) is 1.74. The largest absolute Gasteiger partial charge is 0.461 e. The highest BCUT2D eigenvalue weighted by Gasteiger charge is 2.34. The molecular formula is C38H58N4O6S. The van der Waals surface area contributed by atoms with Crippen molar-refractivity contribution in [2.75, 3.05) is 13.7 Å². The average molecular weight is 699 g/mol. The number of nitrogens with two attached hydrogens (primary N) is 1. The lowest BCUT2D eigenvalue weighted by Gasteiger charge is -2.36. The van der Waals surface area contributed by atoms with Crippen molar-refractivity contribution in [3.8, 4) is 0 Å². The van der Waals surface area contributed by atoms with E-state index in [9.17, 15) is 19.2 Å². The second kappa shape index (κ2) is 19.6. The van der Waals surface area contributed by atoms with Gasteiger partial charge in [0.25, 0.3) is 5.91 Å². The molecule has 0 aliphatic carbocycles. The maximum absolute atomic E-state index is 13.6. The minimum absolute atomic E-state index is 0.00898. The Labute approximate surface area is 297 Å². The minimum atomic E-state index is -0.788. The fourth-order valence-electron chi connectivity index (χ4n) is 5.52. The first kappa shape index (κ1) is 41.6. The zero-order chi connectivity index (χ0) is 36.9. The van der Waals surface area contributed by atoms with Crippen LogP contribution in [0.3, 0.4) is 0 Å². The molecule has 0 aliphatic heterocycles. The molecule has 11 heteroatoms. The van der Waals surface area contributed by atoms with Gasteiger partial charge in [-0.15, -0.1) is 11.3 Å². The Hall–Kier alpha value is -3.57. The van der Waals surface area contributed by atoms with E-state index in [1.54, 1.807) is 24.3 Å². The van der Waals surface area contributed by atoms with Crippen molar-refractivity contribution in [1.29, 1.82) is 0 Å². The molecule has 0 bridgehead atoms. The van der Waals surface area contributed by atoms with Gasteiger partial charge < -0.3 is 25.4 Å². The van der Waals surface area contributed by atoms with Crippen molar-refractivity contribution < 1.29 is 28.7 Å². The zero-order valence-corrected chi connectivity index (χ0v) is 31.7. The van der Waals surface area contributed by atoms with E-state index in [4.69, 9.17) is 15.2 Å². The van der Waals surface area contributed by atoms with E-state index >= 15 is 0 Å². The summed E-state index contributed by atoms with van der Waals surface area (Å²) in [5.41, 5.74) is 7.23. The van der Waals surface area contributed by atoms with Gasteiger partial charge in [-0.2, -0.15) is 0 Å². The van der Waals surface area contributed by atoms with Crippen LogP contribution >= 0.6 is 11.3 Å². The lowest BCUT2D eigenvalue weighted by atomic mass is 9.92. The van der Waals surface area contributed by atoms with Crippen LogP contribution in [0, 0.1) is 23.2 Å². The Balaban J connectivity index is 2.37. The number of nitrogens with one attached hydrogen (secondary N) is 1. The highest BCUT2D eigenvalue weighted by molar-refractivity contribution is 7.09. The van der Waals surface area contributed by atoms with E-state index in [-0.39, 0.29) is 65.9 Å². The summed E-state index contributed by atoms with van der Waals surface area (Å²) in [4.78, 5) is 59.1. The topological polar surface area (TPSA) is 141 Å². The van der Waals surface area contributed by atoms with Crippen LogP contribution in [0.25, 0.3) is 0 Å². The number of hydrogen-bond donors (Lipinski definition) is 2. The van der Waals surface area contributed by atoms with Gasteiger partial charge in [-0.3, -0.25) is 19.2 Å². The molecule has 272 valence electrons. The molecule has 1 aromatic carbocycles. The van der Waals surface area contributed by atoms with Crippen LogP contribution in [-0.2, 0) is 30.3 Å². The Morgan fingerprint density at radius 2 is 1.73 bits per heavy atom. The lowest BCUT2D eigenvalue weighted by Crippen LogP contribution is -2.51. The number of aromatic nitrogens is 1. The summed E-state index contributed by atoms with van der Waals surface area (Å²) in [6, 6.07) is 8.38. The molecule has 6 atom stereocenters. The molecule has 0 spiro atoms. The van der Waals surface area contributed by atoms with Crippen LogP contribution < -0.4 is 11.1 Å². The van der Waals surface area contributed by atoms with E-state index < -0.39 is 24.0 Å². The standard InChI is InChI=1S/C38H58N4O6S/c1-11-18-47-37(46)26(6)19-28(20-27-16-14-13-15-17-27)40-34(44)29-23-49-35(41-29)31(48-32(43)22-38(7,8)9)21-30(24(3)4)42(10)36(45)33(39)25(5)12-2/h11,13-17,23-26,28,30-31,33H,1,12,18-22,39H2,2-10H3,(H,40,44)/t25-,26-,28+,30+,31+,33-/m0/s1. The van der Waals surface area contributed by atoms with Crippen LogP contribution in [0.5, 0.6) is 0 Å².